The number of nitrogen functional groups attached to an aromatic ring is 1. The van der Waals surface area contributed by atoms with Crippen molar-refractivity contribution in [2.75, 3.05) is 12.3 Å². The van der Waals surface area contributed by atoms with E-state index < -0.39 is 0 Å². The van der Waals surface area contributed by atoms with Gasteiger partial charge in [0.1, 0.15) is 5.75 Å². The first-order valence-corrected chi connectivity index (χ1v) is 5.79. The van der Waals surface area contributed by atoms with Crippen LogP contribution in [-0.4, -0.2) is 6.61 Å². The van der Waals surface area contributed by atoms with Gasteiger partial charge in [0.25, 0.3) is 0 Å². The summed E-state index contributed by atoms with van der Waals surface area (Å²) >= 11 is 5.84. The van der Waals surface area contributed by atoms with Crippen LogP contribution in [0.25, 0.3) is 0 Å². The van der Waals surface area contributed by atoms with Gasteiger partial charge in [-0.15, -0.1) is 0 Å². The first-order valence-electron chi connectivity index (χ1n) is 5.42. The zero-order valence-corrected chi connectivity index (χ0v) is 9.89. The van der Waals surface area contributed by atoms with Crippen molar-refractivity contribution < 1.29 is 4.74 Å². The Balaban J connectivity index is 2.33. The van der Waals surface area contributed by atoms with Crippen molar-refractivity contribution in [1.82, 2.24) is 0 Å². The summed E-state index contributed by atoms with van der Waals surface area (Å²) in [5, 5.41) is 0.660. The lowest BCUT2D eigenvalue weighted by atomic mass is 10.2. The monoisotopic (exact) mass is 227 g/mol. The van der Waals surface area contributed by atoms with Crippen LogP contribution in [0.15, 0.2) is 18.2 Å². The number of halogens is 1. The number of hydrogen-bond acceptors (Lipinski definition) is 2. The van der Waals surface area contributed by atoms with Crippen LogP contribution in [0.1, 0.15) is 32.6 Å². The molecule has 0 saturated carbocycles. The van der Waals surface area contributed by atoms with Gasteiger partial charge in [0, 0.05) is 11.1 Å². The molecule has 84 valence electrons. The summed E-state index contributed by atoms with van der Waals surface area (Å²) in [6, 6.07) is 5.29. The third-order valence-corrected chi connectivity index (χ3v) is 2.47. The maximum absolute atomic E-state index is 5.84. The lowest BCUT2D eigenvalue weighted by Gasteiger charge is -2.08. The molecule has 1 aromatic carbocycles. The van der Waals surface area contributed by atoms with Crippen molar-refractivity contribution in [3.8, 4) is 5.75 Å². The van der Waals surface area contributed by atoms with Crippen LogP contribution in [-0.2, 0) is 0 Å². The van der Waals surface area contributed by atoms with Gasteiger partial charge in [0.15, 0.2) is 0 Å². The molecule has 0 fully saturated rings. The molecule has 0 spiro atoms. The zero-order valence-electron chi connectivity index (χ0n) is 9.13. The van der Waals surface area contributed by atoms with Gasteiger partial charge in [0.05, 0.1) is 12.3 Å². The Kier molecular flexibility index (Phi) is 5.33. The van der Waals surface area contributed by atoms with E-state index >= 15 is 0 Å². The standard InChI is InChI=1S/C12H18ClNO/c1-2-3-4-5-8-15-12-9-10(13)6-7-11(12)14/h6-7,9H,2-5,8,14H2,1H3. The van der Waals surface area contributed by atoms with E-state index in [1.807, 2.05) is 0 Å². The molecule has 0 unspecified atom stereocenters. The molecule has 0 aromatic heterocycles. The van der Waals surface area contributed by atoms with Crippen LogP contribution in [0.2, 0.25) is 5.02 Å². The van der Waals surface area contributed by atoms with Crippen LogP contribution in [0, 0.1) is 0 Å². The fourth-order valence-corrected chi connectivity index (χ4v) is 1.51. The minimum Gasteiger partial charge on any atom is -0.491 e. The quantitative estimate of drug-likeness (QED) is 0.591. The van der Waals surface area contributed by atoms with Gasteiger partial charge in [-0.2, -0.15) is 0 Å². The van der Waals surface area contributed by atoms with Gasteiger partial charge in [-0.25, -0.2) is 0 Å². The number of hydrogen-bond donors (Lipinski definition) is 1. The highest BCUT2D eigenvalue weighted by Crippen LogP contribution is 2.25. The van der Waals surface area contributed by atoms with Crippen LogP contribution >= 0.6 is 11.6 Å². The molecule has 0 atom stereocenters. The van der Waals surface area contributed by atoms with E-state index in [1.165, 1.54) is 19.3 Å². The highest BCUT2D eigenvalue weighted by Gasteiger charge is 2.00. The molecule has 1 rings (SSSR count). The van der Waals surface area contributed by atoms with E-state index in [1.54, 1.807) is 18.2 Å². The van der Waals surface area contributed by atoms with Crippen molar-refractivity contribution in [3.63, 3.8) is 0 Å². The molecule has 2 N–H and O–H groups in total. The summed E-state index contributed by atoms with van der Waals surface area (Å²) in [6.45, 7) is 2.90. The van der Waals surface area contributed by atoms with Gasteiger partial charge in [-0.05, 0) is 18.6 Å². The number of unbranched alkanes of at least 4 members (excludes halogenated alkanes) is 3. The number of rotatable bonds is 6. The Morgan fingerprint density at radius 3 is 2.80 bits per heavy atom. The van der Waals surface area contributed by atoms with Crippen LogP contribution in [0.3, 0.4) is 0 Å². The van der Waals surface area contributed by atoms with Crippen molar-refractivity contribution in [2.24, 2.45) is 0 Å². The molecule has 0 amide bonds. The number of benzene rings is 1. The van der Waals surface area contributed by atoms with Gasteiger partial charge in [-0.1, -0.05) is 37.8 Å². The van der Waals surface area contributed by atoms with Crippen LogP contribution in [0.5, 0.6) is 5.75 Å². The van der Waals surface area contributed by atoms with Crippen molar-refractivity contribution in [2.45, 2.75) is 32.6 Å². The van der Waals surface area contributed by atoms with E-state index in [0.29, 0.717) is 23.1 Å². The third kappa shape index (κ3) is 4.43. The number of ether oxygens (including phenoxy) is 1. The van der Waals surface area contributed by atoms with E-state index in [4.69, 9.17) is 22.1 Å². The second kappa shape index (κ2) is 6.57. The highest BCUT2D eigenvalue weighted by molar-refractivity contribution is 6.30. The summed E-state index contributed by atoms with van der Waals surface area (Å²) in [7, 11) is 0. The molecule has 0 saturated heterocycles. The van der Waals surface area contributed by atoms with Crippen LogP contribution < -0.4 is 10.5 Å². The third-order valence-electron chi connectivity index (χ3n) is 2.23. The lowest BCUT2D eigenvalue weighted by molar-refractivity contribution is 0.306. The second-order valence-corrected chi connectivity index (χ2v) is 4.03. The van der Waals surface area contributed by atoms with Gasteiger partial charge in [-0.3, -0.25) is 0 Å². The van der Waals surface area contributed by atoms with Gasteiger partial charge < -0.3 is 10.5 Å². The first-order chi connectivity index (χ1) is 7.24. The Morgan fingerprint density at radius 2 is 2.07 bits per heavy atom. The minimum absolute atomic E-state index is 0.648. The summed E-state index contributed by atoms with van der Waals surface area (Å²) in [4.78, 5) is 0. The molecule has 0 aliphatic rings. The summed E-state index contributed by atoms with van der Waals surface area (Å²) in [6.07, 6.45) is 4.77. The highest BCUT2D eigenvalue weighted by atomic mass is 35.5. The Morgan fingerprint density at radius 1 is 1.27 bits per heavy atom. The molecule has 0 bridgehead atoms. The fourth-order valence-electron chi connectivity index (χ4n) is 1.34. The van der Waals surface area contributed by atoms with E-state index in [0.717, 1.165) is 6.42 Å². The number of nitrogens with two attached hydrogens (primary N) is 1. The fraction of sp³-hybridized carbons (Fsp3) is 0.500. The Bertz CT molecular complexity index is 302. The predicted octanol–water partition coefficient (Wildman–Crippen LogP) is 3.88. The average molecular weight is 228 g/mol. The summed E-state index contributed by atoms with van der Waals surface area (Å²) in [5.74, 6) is 0.694. The predicted molar refractivity (Wildman–Crippen MR) is 65.5 cm³/mol. The lowest BCUT2D eigenvalue weighted by Crippen LogP contribution is -2.00. The molecule has 15 heavy (non-hydrogen) atoms. The Hall–Kier alpha value is -0.890. The number of anilines is 1. The topological polar surface area (TPSA) is 35.2 Å². The maximum Gasteiger partial charge on any atom is 0.143 e. The molecule has 0 radical (unpaired) electrons. The molecular weight excluding hydrogens is 210 g/mol. The molecule has 0 aliphatic heterocycles. The summed E-state index contributed by atoms with van der Waals surface area (Å²) in [5.41, 5.74) is 6.39. The maximum atomic E-state index is 5.84. The molecule has 1 aromatic rings. The Labute approximate surface area is 96.4 Å². The van der Waals surface area contributed by atoms with E-state index in [9.17, 15) is 0 Å². The molecule has 0 aliphatic carbocycles. The largest absolute Gasteiger partial charge is 0.491 e. The van der Waals surface area contributed by atoms with Gasteiger partial charge >= 0.3 is 0 Å². The molecular formula is C12H18ClNO. The van der Waals surface area contributed by atoms with Crippen molar-refractivity contribution in [3.05, 3.63) is 23.2 Å². The molecule has 0 heterocycles. The normalized spacial score (nSPS) is 10.3. The molecule has 3 heteroatoms. The average Bonchev–Trinajstić information content (AvgIpc) is 2.23. The van der Waals surface area contributed by atoms with Crippen molar-refractivity contribution in [1.29, 1.82) is 0 Å². The second-order valence-electron chi connectivity index (χ2n) is 3.59. The molecule has 2 nitrogen and oxygen atoms in total. The summed E-state index contributed by atoms with van der Waals surface area (Å²) < 4.78 is 5.55. The first kappa shape index (κ1) is 12.2. The van der Waals surface area contributed by atoms with E-state index in [2.05, 4.69) is 6.92 Å². The minimum atomic E-state index is 0.648. The zero-order chi connectivity index (χ0) is 11.1. The van der Waals surface area contributed by atoms with Crippen molar-refractivity contribution >= 4 is 17.3 Å². The van der Waals surface area contributed by atoms with Gasteiger partial charge in [0.2, 0.25) is 0 Å². The smallest absolute Gasteiger partial charge is 0.143 e. The van der Waals surface area contributed by atoms with Crippen LogP contribution in [0.4, 0.5) is 5.69 Å². The van der Waals surface area contributed by atoms with E-state index in [-0.39, 0.29) is 0 Å². The SMILES string of the molecule is CCCCCCOc1cc(Cl)ccc1N.